The topological polar surface area (TPSA) is 26.3 Å². The van der Waals surface area contributed by atoms with Crippen LogP contribution in [-0.2, 0) is 42.2 Å². The molecule has 3 heteroatoms. The van der Waals surface area contributed by atoms with Crippen molar-refractivity contribution < 1.29 is 42.2 Å². The smallest absolute Gasteiger partial charge is 0 e. The third-order valence-electron chi connectivity index (χ3n) is 0. The SMILES string of the molecule is [CH2-]C(C)=O.[CH2-]OC.[Y]. The maximum atomic E-state index is 9.33. The van der Waals surface area contributed by atoms with Gasteiger partial charge in [0.25, 0.3) is 0 Å². The fourth-order valence-corrected chi connectivity index (χ4v) is 0. The van der Waals surface area contributed by atoms with E-state index in [-0.39, 0.29) is 38.5 Å². The van der Waals surface area contributed by atoms with E-state index in [0.29, 0.717) is 0 Å². The van der Waals surface area contributed by atoms with Gasteiger partial charge < -0.3 is 16.5 Å². The number of hydrogen-bond donors (Lipinski definition) is 0. The van der Waals surface area contributed by atoms with Crippen molar-refractivity contribution >= 4 is 5.78 Å². The number of rotatable bonds is 0. The average molecular weight is 191 g/mol. The van der Waals surface area contributed by atoms with Gasteiger partial charge in [0.2, 0.25) is 0 Å². The molecule has 0 bridgehead atoms. The number of ether oxygens (including phenoxy) is 1. The normalized spacial score (nSPS) is 5.38. The van der Waals surface area contributed by atoms with Gasteiger partial charge in [-0.05, 0) is 19.8 Å². The average Bonchev–Trinajstić information content (AvgIpc) is 1.33. The molecule has 0 saturated carbocycles. The summed E-state index contributed by atoms with van der Waals surface area (Å²) in [5, 5.41) is 0. The van der Waals surface area contributed by atoms with Crippen molar-refractivity contribution in [3.63, 3.8) is 0 Å². The van der Waals surface area contributed by atoms with Crippen LogP contribution in [-0.4, -0.2) is 12.9 Å². The van der Waals surface area contributed by atoms with Gasteiger partial charge in [0.15, 0.2) is 0 Å². The van der Waals surface area contributed by atoms with Crippen molar-refractivity contribution in [1.82, 2.24) is 0 Å². The molecule has 0 aliphatic rings. The van der Waals surface area contributed by atoms with E-state index < -0.39 is 0 Å². The monoisotopic (exact) mass is 191 g/mol. The Hall–Kier alpha value is 0.604. The second kappa shape index (κ2) is 15.6. The van der Waals surface area contributed by atoms with Crippen LogP contribution < -0.4 is 0 Å². The van der Waals surface area contributed by atoms with Crippen molar-refractivity contribution in [2.24, 2.45) is 0 Å². The van der Waals surface area contributed by atoms with Crippen LogP contribution in [0.5, 0.6) is 0 Å². The minimum atomic E-state index is -0.0833. The quantitative estimate of drug-likeness (QED) is 0.530. The summed E-state index contributed by atoms with van der Waals surface area (Å²) >= 11 is 0. The molecule has 47 valence electrons. The maximum absolute atomic E-state index is 9.33. The molecule has 0 aliphatic carbocycles. The predicted octanol–water partition coefficient (Wildman–Crippen LogP) is 0.831. The Morgan fingerprint density at radius 2 is 1.62 bits per heavy atom. The first-order chi connectivity index (χ1) is 3.15. The number of carbonyl (C=O) groups is 1. The summed E-state index contributed by atoms with van der Waals surface area (Å²) in [5.74, 6) is -0.0833. The van der Waals surface area contributed by atoms with Crippen LogP contribution in [0.15, 0.2) is 0 Å². The number of carbonyl (C=O) groups excluding carboxylic acids is 1. The van der Waals surface area contributed by atoms with Gasteiger partial charge in [0.1, 0.15) is 0 Å². The summed E-state index contributed by atoms with van der Waals surface area (Å²) < 4.78 is 4.00. The van der Waals surface area contributed by atoms with Gasteiger partial charge in [-0.15, -0.1) is 0 Å². The van der Waals surface area contributed by atoms with E-state index in [0.717, 1.165) is 0 Å². The summed E-state index contributed by atoms with van der Waals surface area (Å²) in [6.45, 7) is 4.42. The van der Waals surface area contributed by atoms with Crippen LogP contribution in [0.3, 0.4) is 0 Å². The third kappa shape index (κ3) is 569. The van der Waals surface area contributed by atoms with E-state index >= 15 is 0 Å². The molecule has 0 heterocycles. The van der Waals surface area contributed by atoms with E-state index in [4.69, 9.17) is 0 Å². The fourth-order valence-electron chi connectivity index (χ4n) is 0. The molecule has 0 spiro atoms. The Bertz CT molecular complexity index is 41.7. The molecular weight excluding hydrogens is 181 g/mol. The molecule has 0 atom stereocenters. The molecule has 0 saturated heterocycles. The molecule has 0 rings (SSSR count). The predicted molar refractivity (Wildman–Crippen MR) is 28.4 cm³/mol. The largest absolute Gasteiger partial charge is 0.557 e. The number of ketones is 1. The van der Waals surface area contributed by atoms with Gasteiger partial charge in [-0.25, -0.2) is 7.11 Å². The van der Waals surface area contributed by atoms with Gasteiger partial charge in [0.05, 0.1) is 0 Å². The van der Waals surface area contributed by atoms with Crippen LogP contribution in [0.2, 0.25) is 0 Å². The zero-order valence-corrected chi connectivity index (χ0v) is 8.15. The number of methoxy groups -OCH3 is 1. The minimum absolute atomic E-state index is 0. The molecular formula is C5H10O2Y-2. The molecule has 0 fully saturated rings. The van der Waals surface area contributed by atoms with Crippen molar-refractivity contribution in [3.8, 4) is 0 Å². The third-order valence-corrected chi connectivity index (χ3v) is 0. The first kappa shape index (κ1) is 15.8. The van der Waals surface area contributed by atoms with Crippen LogP contribution in [0.4, 0.5) is 0 Å². The Morgan fingerprint density at radius 1 is 1.62 bits per heavy atom. The molecule has 0 amide bonds. The summed E-state index contributed by atoms with van der Waals surface area (Å²) in [6, 6.07) is 0. The van der Waals surface area contributed by atoms with E-state index in [9.17, 15) is 4.79 Å². The first-order valence-electron chi connectivity index (χ1n) is 1.75. The van der Waals surface area contributed by atoms with Crippen molar-refractivity contribution in [3.05, 3.63) is 14.0 Å². The molecule has 2 nitrogen and oxygen atoms in total. The van der Waals surface area contributed by atoms with Gasteiger partial charge >= 0.3 is 0 Å². The molecule has 0 aromatic carbocycles. The van der Waals surface area contributed by atoms with Crippen molar-refractivity contribution in [2.45, 2.75) is 6.92 Å². The second-order valence-electron chi connectivity index (χ2n) is 0.991. The minimum Gasteiger partial charge on any atom is -0.557 e. The molecule has 1 radical (unpaired) electrons. The molecule has 8 heavy (non-hydrogen) atoms. The Kier molecular flexibility index (Phi) is 31.0. The molecule has 0 aliphatic heterocycles. The molecule has 0 unspecified atom stereocenters. The summed E-state index contributed by atoms with van der Waals surface area (Å²) in [6.07, 6.45) is 0. The summed E-state index contributed by atoms with van der Waals surface area (Å²) in [5.41, 5.74) is 0. The summed E-state index contributed by atoms with van der Waals surface area (Å²) in [4.78, 5) is 9.33. The van der Waals surface area contributed by atoms with Gasteiger partial charge in [0, 0.05) is 32.7 Å². The van der Waals surface area contributed by atoms with Crippen molar-refractivity contribution in [2.75, 3.05) is 7.11 Å². The fraction of sp³-hybridized carbons (Fsp3) is 0.400. The van der Waals surface area contributed by atoms with Crippen molar-refractivity contribution in [1.29, 1.82) is 0 Å². The maximum Gasteiger partial charge on any atom is 0 e. The van der Waals surface area contributed by atoms with Crippen LogP contribution in [0.25, 0.3) is 0 Å². The second-order valence-corrected chi connectivity index (χ2v) is 0.991. The van der Waals surface area contributed by atoms with Gasteiger partial charge in [-0.3, -0.25) is 0 Å². The zero-order valence-electron chi connectivity index (χ0n) is 5.31. The van der Waals surface area contributed by atoms with E-state index in [1.54, 1.807) is 0 Å². The molecule has 0 aromatic rings. The standard InChI is InChI=1S/C3H5O.C2H5O.Y/c1-3(2)4;1-3-2;/h1H2,2H3;1H2,2H3;/q2*-1;. The molecule has 0 aromatic heterocycles. The number of hydrogen-bond acceptors (Lipinski definition) is 2. The van der Waals surface area contributed by atoms with Crippen LogP contribution in [0.1, 0.15) is 6.92 Å². The Balaban J connectivity index is -0.0000000575. The first-order valence-corrected chi connectivity index (χ1v) is 1.75. The molecule has 0 N–H and O–H groups in total. The number of Topliss-reactive ketones (excluding diaryl/α,β-unsaturated/α-hetero) is 1. The van der Waals surface area contributed by atoms with Gasteiger partial charge in [-0.1, -0.05) is 0 Å². The zero-order chi connectivity index (χ0) is 6.28. The Labute approximate surface area is 75.9 Å². The van der Waals surface area contributed by atoms with Gasteiger partial charge in [-0.2, -0.15) is 0 Å². The van der Waals surface area contributed by atoms with E-state index in [1.165, 1.54) is 14.0 Å². The summed E-state index contributed by atoms with van der Waals surface area (Å²) in [7, 11) is 4.50. The van der Waals surface area contributed by atoms with E-state index in [2.05, 4.69) is 18.8 Å². The van der Waals surface area contributed by atoms with Crippen LogP contribution >= 0.6 is 0 Å². The van der Waals surface area contributed by atoms with Crippen LogP contribution in [0, 0.1) is 14.0 Å². The van der Waals surface area contributed by atoms with E-state index in [1.807, 2.05) is 0 Å². The Morgan fingerprint density at radius 3 is 1.62 bits per heavy atom.